The summed E-state index contributed by atoms with van der Waals surface area (Å²) in [6, 6.07) is 48.7. The van der Waals surface area contributed by atoms with E-state index in [9.17, 15) is 38.8 Å². The number of hydrogen-bond acceptors (Lipinski definition) is 23. The molecule has 0 bridgehead atoms. The van der Waals surface area contributed by atoms with Gasteiger partial charge in [-0.05, 0) is 73.5 Å². The van der Waals surface area contributed by atoms with Crippen molar-refractivity contribution in [3.05, 3.63) is 208 Å². The van der Waals surface area contributed by atoms with Gasteiger partial charge >= 0.3 is 87.2 Å². The number of methoxy groups -OCH3 is 1. The van der Waals surface area contributed by atoms with Gasteiger partial charge in [-0.2, -0.15) is 5.26 Å². The molecule has 9 rings (SSSR count). The molecule has 0 aliphatic carbocycles. The molecule has 26 heteroatoms. The first-order valence-corrected chi connectivity index (χ1v) is 31.7. The summed E-state index contributed by atoms with van der Waals surface area (Å²) in [6.07, 6.45) is 0.713. The molecule has 2 aliphatic rings. The van der Waals surface area contributed by atoms with E-state index in [0.717, 1.165) is 62.0 Å². The number of carbonyl (C=O) groups is 6. The van der Waals surface area contributed by atoms with Crippen LogP contribution in [0.2, 0.25) is 0 Å². The summed E-state index contributed by atoms with van der Waals surface area (Å²) in [6.45, 7) is 10.4. The zero-order valence-corrected chi connectivity index (χ0v) is 59.6. The third-order valence-electron chi connectivity index (χ3n) is 11.8. The van der Waals surface area contributed by atoms with Gasteiger partial charge in [0.05, 0.1) is 46.2 Å². The minimum Gasteiger partial charge on any atom is -1.00 e. The summed E-state index contributed by atoms with van der Waals surface area (Å²) in [5, 5.41) is 34.8. The molecule has 3 heterocycles. The molecule has 6 aromatic carbocycles. The van der Waals surface area contributed by atoms with E-state index >= 15 is 0 Å². The predicted molar refractivity (Wildman–Crippen MR) is 377 cm³/mol. The van der Waals surface area contributed by atoms with E-state index in [1.165, 1.54) is 14.0 Å². The van der Waals surface area contributed by atoms with E-state index in [0.29, 0.717) is 30.7 Å². The number of nitrogens with zero attached hydrogens (tertiary/aromatic N) is 1. The van der Waals surface area contributed by atoms with Gasteiger partial charge in [-0.25, -0.2) is 14.4 Å². The van der Waals surface area contributed by atoms with Crippen LogP contribution in [0.4, 0.5) is 0 Å². The molecule has 2 aliphatic heterocycles. The number of fused-ring (bicyclic) bond motifs is 6. The van der Waals surface area contributed by atoms with Crippen molar-refractivity contribution >= 4 is 120 Å². The van der Waals surface area contributed by atoms with E-state index in [1.54, 1.807) is 41.8 Å². The van der Waals surface area contributed by atoms with E-state index in [1.807, 2.05) is 140 Å². The van der Waals surface area contributed by atoms with Crippen molar-refractivity contribution < 1.29 is 125 Å². The molecule has 0 amide bonds. The fraction of sp³-hybridized carbons (Fsp3) is 0.286. The molecule has 0 fully saturated rings. The number of benzene rings is 6. The molecule has 512 valence electrons. The zero-order valence-electron chi connectivity index (χ0n) is 53.5. The van der Waals surface area contributed by atoms with Crippen LogP contribution in [0.1, 0.15) is 71.6 Å². The van der Waals surface area contributed by atoms with Crippen LogP contribution in [0.5, 0.6) is 0 Å². The molecule has 0 unspecified atom stereocenters. The Balaban J connectivity index is 0. The smallest absolute Gasteiger partial charge is 1.00 e. The average molecular weight is 1440 g/mol. The maximum Gasteiger partial charge on any atom is 1.00 e. The average Bonchev–Trinajstić information content (AvgIpc) is 0.776. The summed E-state index contributed by atoms with van der Waals surface area (Å²) in [5.41, 5.74) is 19.9. The van der Waals surface area contributed by atoms with Crippen molar-refractivity contribution in [2.45, 2.75) is 71.9 Å². The van der Waals surface area contributed by atoms with E-state index in [2.05, 4.69) is 44.2 Å². The Labute approximate surface area is 627 Å². The van der Waals surface area contributed by atoms with Gasteiger partial charge in [-0.15, -0.1) is 11.3 Å². The number of esters is 6. The number of halogens is 2. The van der Waals surface area contributed by atoms with Crippen LogP contribution in [0, 0.1) is 11.3 Å². The van der Waals surface area contributed by atoms with Crippen LogP contribution in [0.15, 0.2) is 200 Å². The number of nitriles is 1. The standard InChI is InChI=1S/C22H17NO4S.C13H8Cl2S.C13H8OS.C9H15NO4.C5H11NO3.C4H9NO2.C2H6O2.2CH4.K.H/c1-14(2)21(24)26-11-12-27-22(25)17(13-23)20-15-7-3-5-9-18(15)28-19-10-6-4-8-16(19)20;14-13(15)9-5-1-3-7-11(9)16-12-8-4-2-6-10(12)13;14-13-9-5-1-3-7-11(9)15-12-8-4-2-6-10(12)13;1-7(2)9(12)14-6-5-13-8(11)3-4-10;6-2-1-5(8)9-4-3-7;1-7-4(6)2-3-5;3-1-2-4;;;;/h3-10H,1,11-12H2,2H3;1-8H;1-8H;1,3-6,10H2,2H3;7H,1-4,6H2;2-3,5H2,1H3;3-4H,1-2H2;2*1H4;;/q;;;;;;;;;+1;-1. The number of aliphatic hydroxyl groups excluding tert-OH is 3. The van der Waals surface area contributed by atoms with Gasteiger partial charge in [0, 0.05) is 87.2 Å². The van der Waals surface area contributed by atoms with Gasteiger partial charge in [-0.1, -0.05) is 172 Å². The van der Waals surface area contributed by atoms with Crippen molar-refractivity contribution in [2.75, 3.05) is 79.6 Å². The normalized spacial score (nSPS) is 10.9. The van der Waals surface area contributed by atoms with E-state index in [-0.39, 0.29) is 174 Å². The SMILES string of the molecule is C.C.C=C(C)C(=O)OCCOC(=O)C(C#N)=C1c2ccccc2Sc2ccccc21.C=C(C)C(=O)OCCOC(=O)CCN.COC(=O)CCN.ClC1(Cl)c2ccccc2Sc2ccccc21.NCCC(=O)OCCO.O=c1c2ccccc2sc2ccccc12.OCCO.[H-].[K+]. The Bertz CT molecular complexity index is 3640. The number of nitrogens with two attached hydrogens (primary N) is 3. The Hall–Kier alpha value is -6.58. The molecule has 0 saturated heterocycles. The molecule has 20 nitrogen and oxygen atoms in total. The third-order valence-corrected chi connectivity index (χ3v) is 16.1. The molecule has 0 saturated carbocycles. The predicted octanol–water partition coefficient (Wildman–Crippen LogP) is 8.12. The molecule has 96 heavy (non-hydrogen) atoms. The van der Waals surface area contributed by atoms with Crippen molar-refractivity contribution in [1.82, 2.24) is 0 Å². The zero-order chi connectivity index (χ0) is 68.7. The third kappa shape index (κ3) is 30.0. The van der Waals surface area contributed by atoms with E-state index < -0.39 is 22.2 Å². The van der Waals surface area contributed by atoms with Gasteiger partial charge in [0.25, 0.3) is 0 Å². The number of ether oxygens (including phenoxy) is 6. The molecule has 9 N–H and O–H groups in total. The molecule has 7 aromatic rings. The fourth-order valence-corrected chi connectivity index (χ4v) is 11.8. The Morgan fingerprint density at radius 3 is 1.24 bits per heavy atom. The Morgan fingerprint density at radius 1 is 0.521 bits per heavy atom. The van der Waals surface area contributed by atoms with Crippen molar-refractivity contribution in [3.63, 3.8) is 0 Å². The quantitative estimate of drug-likeness (QED) is 0.00690. The van der Waals surface area contributed by atoms with Crippen LogP contribution in [0.3, 0.4) is 0 Å². The first-order valence-electron chi connectivity index (χ1n) is 28.5. The van der Waals surface area contributed by atoms with Gasteiger partial charge in [-0.3, -0.25) is 19.2 Å². The second kappa shape index (κ2) is 49.9. The fourth-order valence-electron chi connectivity index (χ4n) is 7.54. The summed E-state index contributed by atoms with van der Waals surface area (Å²) in [7, 11) is 1.35. The molecular formula is C70H83Cl2KN4O16S3. The second-order valence-corrected chi connectivity index (χ2v) is 23.4. The molecular weight excluding hydrogens is 1360 g/mol. The van der Waals surface area contributed by atoms with Gasteiger partial charge < -0.3 is 62.4 Å². The number of hydrogen-bond donors (Lipinski definition) is 6. The second-order valence-electron chi connectivity index (χ2n) is 18.8. The van der Waals surface area contributed by atoms with Gasteiger partial charge in [0.15, 0.2) is 9.76 Å². The number of alkyl halides is 2. The van der Waals surface area contributed by atoms with Crippen LogP contribution >= 0.6 is 58.1 Å². The van der Waals surface area contributed by atoms with Gasteiger partial charge in [0.2, 0.25) is 0 Å². The number of carbonyl (C=O) groups excluding carboxylic acids is 6. The number of rotatable bonds is 18. The van der Waals surface area contributed by atoms with Crippen molar-refractivity contribution in [1.29, 1.82) is 5.26 Å². The topological polar surface area (TPSA) is 337 Å². The molecule has 1 aromatic heterocycles. The van der Waals surface area contributed by atoms with Crippen LogP contribution in [-0.4, -0.2) is 131 Å². The van der Waals surface area contributed by atoms with Crippen molar-refractivity contribution in [3.8, 4) is 6.07 Å². The first kappa shape index (κ1) is 89.4. The summed E-state index contributed by atoms with van der Waals surface area (Å²) < 4.78 is 29.4. The maximum absolute atomic E-state index is 12.6. The Morgan fingerprint density at radius 2 is 0.865 bits per heavy atom. The molecule has 0 atom stereocenters. The minimum absolute atomic E-state index is 0. The Kier molecular flexibility index (Phi) is 46.4. The summed E-state index contributed by atoms with van der Waals surface area (Å²) in [5.74, 6) is -2.78. The van der Waals surface area contributed by atoms with Crippen LogP contribution in [-0.2, 0) is 61.5 Å². The minimum atomic E-state index is -0.932. The van der Waals surface area contributed by atoms with E-state index in [4.69, 9.17) is 65.2 Å². The van der Waals surface area contributed by atoms with Crippen LogP contribution in [0.25, 0.3) is 25.7 Å². The van der Waals surface area contributed by atoms with Crippen molar-refractivity contribution in [2.24, 2.45) is 17.2 Å². The summed E-state index contributed by atoms with van der Waals surface area (Å²) >= 11 is 17.9. The largest absolute Gasteiger partial charge is 1.00 e. The maximum atomic E-state index is 12.6. The molecule has 0 spiro atoms. The number of aliphatic hydroxyl groups is 3. The first-order chi connectivity index (χ1) is 44.7. The monoisotopic (exact) mass is 1440 g/mol. The van der Waals surface area contributed by atoms with Crippen LogP contribution < -0.4 is 74.0 Å². The summed E-state index contributed by atoms with van der Waals surface area (Å²) in [4.78, 5) is 82.4. The van der Waals surface area contributed by atoms with Gasteiger partial charge in [0.1, 0.15) is 44.7 Å². The molecule has 0 radical (unpaired) electrons.